The van der Waals surface area contributed by atoms with Gasteiger partial charge in [0.1, 0.15) is 17.3 Å². The van der Waals surface area contributed by atoms with Crippen LogP contribution in [0.4, 0.5) is 4.39 Å². The molecule has 0 aliphatic heterocycles. The summed E-state index contributed by atoms with van der Waals surface area (Å²) < 4.78 is 19.8. The summed E-state index contributed by atoms with van der Waals surface area (Å²) in [5.41, 5.74) is 0.926. The Labute approximate surface area is 131 Å². The molecule has 2 aromatic rings. The summed E-state index contributed by atoms with van der Waals surface area (Å²) in [6, 6.07) is 9.71. The lowest BCUT2D eigenvalue weighted by Crippen LogP contribution is -2.12. The highest BCUT2D eigenvalue weighted by Crippen LogP contribution is 2.33. The molecular weight excluding hydrogens is 345 g/mol. The summed E-state index contributed by atoms with van der Waals surface area (Å²) in [7, 11) is 0. The molecule has 2 nitrogen and oxygen atoms in total. The van der Waals surface area contributed by atoms with Crippen LogP contribution in [-0.2, 0) is 6.54 Å². The molecule has 0 aliphatic carbocycles. The third-order valence-electron chi connectivity index (χ3n) is 2.70. The molecule has 0 aromatic heterocycles. The minimum absolute atomic E-state index is 0.342. The van der Waals surface area contributed by atoms with E-state index in [0.29, 0.717) is 27.5 Å². The van der Waals surface area contributed by atoms with Gasteiger partial charge >= 0.3 is 0 Å². The number of nitrogens with one attached hydrogen (secondary N) is 1. The first kappa shape index (κ1) is 15.3. The first-order valence-corrected chi connectivity index (χ1v) is 7.39. The largest absolute Gasteiger partial charge is 0.456 e. The zero-order chi connectivity index (χ0) is 14.5. The highest BCUT2D eigenvalue weighted by atomic mass is 79.9. The third kappa shape index (κ3) is 3.95. The van der Waals surface area contributed by atoms with Crippen molar-refractivity contribution in [3.8, 4) is 11.5 Å². The van der Waals surface area contributed by atoms with E-state index in [0.717, 1.165) is 12.1 Å². The first-order valence-electron chi connectivity index (χ1n) is 6.22. The zero-order valence-corrected chi connectivity index (χ0v) is 13.3. The molecule has 106 valence electrons. The number of rotatable bonds is 5. The second-order valence-corrected chi connectivity index (χ2v) is 5.50. The first-order chi connectivity index (χ1) is 9.60. The normalized spacial score (nSPS) is 10.6. The van der Waals surface area contributed by atoms with Gasteiger partial charge in [0, 0.05) is 23.2 Å². The second-order valence-electron chi connectivity index (χ2n) is 4.21. The van der Waals surface area contributed by atoms with Gasteiger partial charge in [-0.1, -0.05) is 18.5 Å². The van der Waals surface area contributed by atoms with E-state index in [-0.39, 0.29) is 5.82 Å². The van der Waals surface area contributed by atoms with Crippen molar-refractivity contribution < 1.29 is 9.13 Å². The maximum absolute atomic E-state index is 13.3. The Balaban J connectivity index is 2.30. The Kier molecular flexibility index (Phi) is 5.40. The predicted molar refractivity (Wildman–Crippen MR) is 83.0 cm³/mol. The Bertz CT molecular complexity index is 606. The van der Waals surface area contributed by atoms with Gasteiger partial charge in [-0.3, -0.25) is 0 Å². The molecule has 0 bridgehead atoms. The van der Waals surface area contributed by atoms with Crippen molar-refractivity contribution in [2.75, 3.05) is 6.54 Å². The van der Waals surface area contributed by atoms with E-state index < -0.39 is 0 Å². The van der Waals surface area contributed by atoms with Crippen molar-refractivity contribution in [3.05, 3.63) is 57.3 Å². The Hall–Kier alpha value is -1.10. The summed E-state index contributed by atoms with van der Waals surface area (Å²) in [5.74, 6) is 0.747. The molecule has 0 spiro atoms. The van der Waals surface area contributed by atoms with Crippen molar-refractivity contribution in [3.63, 3.8) is 0 Å². The van der Waals surface area contributed by atoms with Crippen LogP contribution in [0.15, 0.2) is 40.9 Å². The monoisotopic (exact) mass is 357 g/mol. The molecule has 0 amide bonds. The summed E-state index contributed by atoms with van der Waals surface area (Å²) in [5, 5.41) is 3.86. The fourth-order valence-electron chi connectivity index (χ4n) is 1.72. The molecule has 2 aromatic carbocycles. The van der Waals surface area contributed by atoms with Gasteiger partial charge in [-0.2, -0.15) is 0 Å². The van der Waals surface area contributed by atoms with Gasteiger partial charge in [-0.15, -0.1) is 0 Å². The maximum atomic E-state index is 13.3. The number of hydrogen-bond donors (Lipinski definition) is 1. The molecule has 5 heteroatoms. The summed E-state index contributed by atoms with van der Waals surface area (Å²) in [4.78, 5) is 0. The van der Waals surface area contributed by atoms with Crippen LogP contribution < -0.4 is 10.1 Å². The van der Waals surface area contributed by atoms with Crippen LogP contribution in [0, 0.1) is 5.82 Å². The Morgan fingerprint density at radius 2 is 2.00 bits per heavy atom. The van der Waals surface area contributed by atoms with E-state index in [4.69, 9.17) is 16.3 Å². The average molecular weight is 359 g/mol. The van der Waals surface area contributed by atoms with Crippen LogP contribution in [0.2, 0.25) is 5.02 Å². The second kappa shape index (κ2) is 7.07. The van der Waals surface area contributed by atoms with Crippen molar-refractivity contribution in [1.29, 1.82) is 0 Å². The van der Waals surface area contributed by atoms with Crippen LogP contribution >= 0.6 is 27.5 Å². The predicted octanol–water partition coefficient (Wildman–Crippen LogP) is 5.14. The van der Waals surface area contributed by atoms with Gasteiger partial charge in [0.25, 0.3) is 0 Å². The van der Waals surface area contributed by atoms with Gasteiger partial charge in [0.2, 0.25) is 0 Å². The van der Waals surface area contributed by atoms with E-state index >= 15 is 0 Å². The molecule has 0 fully saturated rings. The molecule has 20 heavy (non-hydrogen) atoms. The lowest BCUT2D eigenvalue weighted by Gasteiger charge is -2.13. The number of ether oxygens (including phenoxy) is 1. The van der Waals surface area contributed by atoms with Crippen molar-refractivity contribution in [1.82, 2.24) is 5.32 Å². The van der Waals surface area contributed by atoms with Crippen LogP contribution in [0.25, 0.3) is 0 Å². The Morgan fingerprint density at radius 3 is 2.75 bits per heavy atom. The molecule has 0 saturated heterocycles. The van der Waals surface area contributed by atoms with Gasteiger partial charge in [0.15, 0.2) is 0 Å². The number of halogens is 3. The van der Waals surface area contributed by atoms with Crippen molar-refractivity contribution in [2.24, 2.45) is 0 Å². The molecule has 0 radical (unpaired) electrons. The molecule has 0 aliphatic rings. The van der Waals surface area contributed by atoms with E-state index in [1.807, 2.05) is 13.0 Å². The van der Waals surface area contributed by atoms with Crippen LogP contribution in [0.5, 0.6) is 11.5 Å². The Morgan fingerprint density at radius 1 is 1.20 bits per heavy atom. The third-order valence-corrected chi connectivity index (χ3v) is 3.59. The smallest absolute Gasteiger partial charge is 0.144 e. The number of benzene rings is 2. The fourth-order valence-corrected chi connectivity index (χ4v) is 2.24. The lowest BCUT2D eigenvalue weighted by atomic mass is 10.2. The van der Waals surface area contributed by atoms with E-state index in [1.165, 1.54) is 12.1 Å². The van der Waals surface area contributed by atoms with Crippen molar-refractivity contribution >= 4 is 27.5 Å². The lowest BCUT2D eigenvalue weighted by molar-refractivity contribution is 0.465. The van der Waals surface area contributed by atoms with E-state index in [9.17, 15) is 4.39 Å². The molecule has 2 rings (SSSR count). The highest BCUT2D eigenvalue weighted by Gasteiger charge is 2.09. The van der Waals surface area contributed by atoms with Gasteiger partial charge in [-0.05, 0) is 52.8 Å². The quantitative estimate of drug-likeness (QED) is 0.798. The molecule has 0 saturated carbocycles. The standard InChI is InChI=1S/C15H14BrClFNO/c1-2-19-9-10-7-11(17)3-6-14(10)20-15-8-12(18)4-5-13(15)16/h3-8,19H,2,9H2,1H3. The minimum Gasteiger partial charge on any atom is -0.456 e. The topological polar surface area (TPSA) is 21.3 Å². The summed E-state index contributed by atoms with van der Waals surface area (Å²) in [6.45, 7) is 3.50. The zero-order valence-electron chi connectivity index (χ0n) is 10.9. The van der Waals surface area contributed by atoms with E-state index in [2.05, 4.69) is 21.2 Å². The summed E-state index contributed by atoms with van der Waals surface area (Å²) >= 11 is 9.35. The molecular formula is C15H14BrClFNO. The molecule has 0 atom stereocenters. The van der Waals surface area contributed by atoms with Gasteiger partial charge in [-0.25, -0.2) is 4.39 Å². The highest BCUT2D eigenvalue weighted by molar-refractivity contribution is 9.10. The fraction of sp³-hybridized carbons (Fsp3) is 0.200. The minimum atomic E-state index is -0.342. The molecule has 0 heterocycles. The van der Waals surface area contributed by atoms with Crippen molar-refractivity contribution in [2.45, 2.75) is 13.5 Å². The number of hydrogen-bond acceptors (Lipinski definition) is 2. The molecule has 1 N–H and O–H groups in total. The van der Waals surface area contributed by atoms with Crippen LogP contribution in [-0.4, -0.2) is 6.54 Å². The SMILES string of the molecule is CCNCc1cc(Cl)ccc1Oc1cc(F)ccc1Br. The average Bonchev–Trinajstić information content (AvgIpc) is 2.43. The van der Waals surface area contributed by atoms with Gasteiger partial charge < -0.3 is 10.1 Å². The van der Waals surface area contributed by atoms with Crippen LogP contribution in [0.1, 0.15) is 12.5 Å². The maximum Gasteiger partial charge on any atom is 0.144 e. The van der Waals surface area contributed by atoms with Crippen LogP contribution in [0.3, 0.4) is 0 Å². The van der Waals surface area contributed by atoms with E-state index in [1.54, 1.807) is 18.2 Å². The van der Waals surface area contributed by atoms with Gasteiger partial charge in [0.05, 0.1) is 4.47 Å². The summed E-state index contributed by atoms with van der Waals surface area (Å²) in [6.07, 6.45) is 0. The molecule has 0 unspecified atom stereocenters.